The third-order valence-corrected chi connectivity index (χ3v) is 3.31. The number of rotatable bonds is 6. The minimum absolute atomic E-state index is 0.0270. The number of benzene rings is 1. The van der Waals surface area contributed by atoms with Crippen molar-refractivity contribution in [2.75, 3.05) is 21.3 Å². The van der Waals surface area contributed by atoms with Gasteiger partial charge in [0.25, 0.3) is 0 Å². The lowest BCUT2D eigenvalue weighted by molar-refractivity contribution is 0.0264. The summed E-state index contributed by atoms with van der Waals surface area (Å²) in [5, 5.41) is 0. The largest absolute Gasteiger partial charge is 0.496 e. The molecule has 0 radical (unpaired) electrons. The third kappa shape index (κ3) is 2.62. The Kier molecular flexibility index (Phi) is 4.50. The Morgan fingerprint density at radius 1 is 1.21 bits per heavy atom. The fourth-order valence-corrected chi connectivity index (χ4v) is 2.46. The van der Waals surface area contributed by atoms with E-state index in [2.05, 4.69) is 12.4 Å². The molecule has 5 nitrogen and oxygen atoms in total. The summed E-state index contributed by atoms with van der Waals surface area (Å²) in [4.78, 5) is 5.10. The van der Waals surface area contributed by atoms with Gasteiger partial charge in [-0.25, -0.2) is 0 Å². The standard InChI is InChI=1S/C14H21NO4/c1-5-6-10-14(15-18-4)13-11(17-3)7-9(16-2)8-12(13)19-10/h7-8,10,14-15H,5-6H2,1-4H3. The molecule has 0 saturated carbocycles. The second-order valence-corrected chi connectivity index (χ2v) is 4.49. The highest BCUT2D eigenvalue weighted by Gasteiger charge is 2.37. The second-order valence-electron chi connectivity index (χ2n) is 4.49. The molecule has 0 aromatic heterocycles. The van der Waals surface area contributed by atoms with E-state index in [9.17, 15) is 0 Å². The molecule has 0 spiro atoms. The number of fused-ring (bicyclic) bond motifs is 1. The first kappa shape index (κ1) is 14.0. The Morgan fingerprint density at radius 2 is 2.00 bits per heavy atom. The van der Waals surface area contributed by atoms with Crippen LogP contribution in [0.2, 0.25) is 0 Å². The van der Waals surface area contributed by atoms with Crippen LogP contribution in [0.1, 0.15) is 31.4 Å². The number of nitrogens with one attached hydrogen (secondary N) is 1. The van der Waals surface area contributed by atoms with E-state index < -0.39 is 0 Å². The Balaban J connectivity index is 2.40. The van der Waals surface area contributed by atoms with Crippen LogP contribution in [0.4, 0.5) is 0 Å². The molecule has 5 heteroatoms. The van der Waals surface area contributed by atoms with E-state index in [0.29, 0.717) is 0 Å². The van der Waals surface area contributed by atoms with Crippen LogP contribution in [0, 0.1) is 0 Å². The number of hydrogen-bond acceptors (Lipinski definition) is 5. The lowest BCUT2D eigenvalue weighted by atomic mass is 10.0. The molecular formula is C14H21NO4. The van der Waals surface area contributed by atoms with Crippen molar-refractivity contribution >= 4 is 0 Å². The lowest BCUT2D eigenvalue weighted by Gasteiger charge is -2.19. The van der Waals surface area contributed by atoms with E-state index in [-0.39, 0.29) is 12.1 Å². The predicted octanol–water partition coefficient (Wildman–Crippen LogP) is 2.46. The van der Waals surface area contributed by atoms with E-state index >= 15 is 0 Å². The molecule has 106 valence electrons. The highest BCUT2D eigenvalue weighted by atomic mass is 16.6. The van der Waals surface area contributed by atoms with E-state index in [1.807, 2.05) is 12.1 Å². The molecule has 1 aromatic rings. The van der Waals surface area contributed by atoms with Crippen LogP contribution >= 0.6 is 0 Å². The van der Waals surface area contributed by atoms with Gasteiger partial charge in [-0.15, -0.1) is 0 Å². The highest BCUT2D eigenvalue weighted by molar-refractivity contribution is 5.54. The van der Waals surface area contributed by atoms with E-state index in [0.717, 1.165) is 35.7 Å². The van der Waals surface area contributed by atoms with Crippen LogP contribution in [-0.4, -0.2) is 27.4 Å². The fraction of sp³-hybridized carbons (Fsp3) is 0.571. The van der Waals surface area contributed by atoms with Gasteiger partial charge in [-0.1, -0.05) is 13.3 Å². The van der Waals surface area contributed by atoms with Gasteiger partial charge >= 0.3 is 0 Å². The topological polar surface area (TPSA) is 49.0 Å². The summed E-state index contributed by atoms with van der Waals surface area (Å²) in [5.74, 6) is 2.27. The molecule has 1 aliphatic heterocycles. The Labute approximate surface area is 113 Å². The first-order valence-corrected chi connectivity index (χ1v) is 6.46. The molecule has 2 atom stereocenters. The van der Waals surface area contributed by atoms with Crippen LogP contribution in [0.3, 0.4) is 0 Å². The average molecular weight is 267 g/mol. The maximum atomic E-state index is 6.00. The summed E-state index contributed by atoms with van der Waals surface area (Å²) in [7, 11) is 4.88. The summed E-state index contributed by atoms with van der Waals surface area (Å²) >= 11 is 0. The normalized spacial score (nSPS) is 20.8. The van der Waals surface area contributed by atoms with Gasteiger partial charge in [0.15, 0.2) is 0 Å². The summed E-state index contributed by atoms with van der Waals surface area (Å²) in [6.45, 7) is 2.13. The van der Waals surface area contributed by atoms with Gasteiger partial charge in [-0.3, -0.25) is 0 Å². The van der Waals surface area contributed by atoms with Gasteiger partial charge in [0, 0.05) is 12.1 Å². The van der Waals surface area contributed by atoms with Crippen molar-refractivity contribution < 1.29 is 19.0 Å². The predicted molar refractivity (Wildman–Crippen MR) is 71.8 cm³/mol. The Bertz CT molecular complexity index is 436. The minimum atomic E-state index is -0.0270. The third-order valence-electron chi connectivity index (χ3n) is 3.31. The minimum Gasteiger partial charge on any atom is -0.496 e. The highest BCUT2D eigenvalue weighted by Crippen LogP contribution is 2.46. The van der Waals surface area contributed by atoms with Crippen molar-refractivity contribution in [3.63, 3.8) is 0 Å². The van der Waals surface area contributed by atoms with E-state index in [4.69, 9.17) is 19.0 Å². The monoisotopic (exact) mass is 267 g/mol. The van der Waals surface area contributed by atoms with Gasteiger partial charge in [0.1, 0.15) is 29.4 Å². The van der Waals surface area contributed by atoms with Crippen molar-refractivity contribution in [1.29, 1.82) is 0 Å². The summed E-state index contributed by atoms with van der Waals surface area (Å²) in [6.07, 6.45) is 2.03. The first-order chi connectivity index (χ1) is 9.24. The van der Waals surface area contributed by atoms with Crippen molar-refractivity contribution in [1.82, 2.24) is 5.48 Å². The van der Waals surface area contributed by atoms with Gasteiger partial charge in [-0.2, -0.15) is 5.48 Å². The van der Waals surface area contributed by atoms with Crippen LogP contribution in [-0.2, 0) is 4.84 Å². The average Bonchev–Trinajstić information content (AvgIpc) is 2.76. The van der Waals surface area contributed by atoms with Gasteiger partial charge < -0.3 is 19.0 Å². The number of methoxy groups -OCH3 is 2. The van der Waals surface area contributed by atoms with Crippen molar-refractivity contribution in [2.24, 2.45) is 0 Å². The van der Waals surface area contributed by atoms with Gasteiger partial charge in [0.2, 0.25) is 0 Å². The quantitative estimate of drug-likeness (QED) is 0.802. The molecule has 1 heterocycles. The molecule has 0 aliphatic carbocycles. The van der Waals surface area contributed by atoms with Crippen molar-refractivity contribution in [3.05, 3.63) is 17.7 Å². The van der Waals surface area contributed by atoms with Gasteiger partial charge in [-0.05, 0) is 6.42 Å². The Morgan fingerprint density at radius 3 is 2.58 bits per heavy atom. The molecule has 1 aliphatic rings. The number of hydroxylamine groups is 1. The molecule has 0 fully saturated rings. The maximum Gasteiger partial charge on any atom is 0.132 e. The summed E-state index contributed by atoms with van der Waals surface area (Å²) < 4.78 is 16.7. The molecule has 0 amide bonds. The zero-order chi connectivity index (χ0) is 13.8. The maximum absolute atomic E-state index is 6.00. The number of hydrogen-bond donors (Lipinski definition) is 1. The molecular weight excluding hydrogens is 246 g/mol. The van der Waals surface area contributed by atoms with Gasteiger partial charge in [0.05, 0.1) is 26.9 Å². The van der Waals surface area contributed by atoms with Crippen molar-refractivity contribution in [3.8, 4) is 17.2 Å². The summed E-state index contributed by atoms with van der Waals surface area (Å²) in [5.41, 5.74) is 3.99. The summed E-state index contributed by atoms with van der Waals surface area (Å²) in [6, 6.07) is 3.72. The molecule has 0 bridgehead atoms. The number of ether oxygens (including phenoxy) is 3. The van der Waals surface area contributed by atoms with Crippen LogP contribution in [0.25, 0.3) is 0 Å². The fourth-order valence-electron chi connectivity index (χ4n) is 2.46. The van der Waals surface area contributed by atoms with E-state index in [1.54, 1.807) is 21.3 Å². The first-order valence-electron chi connectivity index (χ1n) is 6.46. The van der Waals surface area contributed by atoms with Crippen LogP contribution in [0.5, 0.6) is 17.2 Å². The van der Waals surface area contributed by atoms with Crippen LogP contribution in [0.15, 0.2) is 12.1 Å². The molecule has 0 saturated heterocycles. The molecule has 19 heavy (non-hydrogen) atoms. The second kappa shape index (κ2) is 6.12. The molecule has 2 rings (SSSR count). The Hall–Kier alpha value is -1.46. The van der Waals surface area contributed by atoms with Crippen molar-refractivity contribution in [2.45, 2.75) is 31.9 Å². The zero-order valence-electron chi connectivity index (χ0n) is 11.9. The zero-order valence-corrected chi connectivity index (χ0v) is 11.9. The van der Waals surface area contributed by atoms with E-state index in [1.165, 1.54) is 0 Å². The molecule has 1 N–H and O–H groups in total. The molecule has 2 unspecified atom stereocenters. The smallest absolute Gasteiger partial charge is 0.132 e. The molecule has 1 aromatic carbocycles. The SMILES string of the molecule is CCCC1Oc2cc(OC)cc(OC)c2C1NOC. The lowest BCUT2D eigenvalue weighted by Crippen LogP contribution is -2.30. The van der Waals surface area contributed by atoms with Crippen LogP contribution < -0.4 is 19.7 Å².